The zero-order valence-corrected chi connectivity index (χ0v) is 16.3. The second-order valence-electron chi connectivity index (χ2n) is 7.36. The summed E-state index contributed by atoms with van der Waals surface area (Å²) in [6, 6.07) is 8.26. The summed E-state index contributed by atoms with van der Waals surface area (Å²) >= 11 is 0. The number of rotatable bonds is 4. The number of hydrogen-bond acceptors (Lipinski definition) is 5. The van der Waals surface area contributed by atoms with Crippen LogP contribution in [0.3, 0.4) is 0 Å². The first-order valence-corrected chi connectivity index (χ1v) is 9.68. The number of carboxylic acid groups (broad SMARTS) is 2. The normalized spacial score (nSPS) is 17.5. The summed E-state index contributed by atoms with van der Waals surface area (Å²) in [4.78, 5) is 35.0. The van der Waals surface area contributed by atoms with Crippen molar-refractivity contribution >= 4 is 29.2 Å². The van der Waals surface area contributed by atoms with Gasteiger partial charge in [-0.2, -0.15) is 0 Å². The zero-order chi connectivity index (χ0) is 20.5. The smallest absolute Gasteiger partial charge is 0.414 e. The van der Waals surface area contributed by atoms with Crippen LogP contribution in [0.2, 0.25) is 0 Å². The third kappa shape index (κ3) is 7.19. The Morgan fingerprint density at radius 1 is 0.964 bits per heavy atom. The molecule has 0 bridgehead atoms. The third-order valence-corrected chi connectivity index (χ3v) is 5.05. The average Bonchev–Trinajstić information content (AvgIpc) is 3.19. The summed E-state index contributed by atoms with van der Waals surface area (Å²) in [6.45, 7) is 7.20. The van der Waals surface area contributed by atoms with Crippen LogP contribution in [-0.2, 0) is 14.4 Å². The lowest BCUT2D eigenvalue weighted by atomic mass is 9.99. The van der Waals surface area contributed by atoms with E-state index in [0.29, 0.717) is 6.54 Å². The van der Waals surface area contributed by atoms with Crippen LogP contribution in [0.1, 0.15) is 32.6 Å². The van der Waals surface area contributed by atoms with Crippen molar-refractivity contribution < 1.29 is 24.6 Å². The second-order valence-corrected chi connectivity index (χ2v) is 7.36. The number of amides is 1. The minimum Gasteiger partial charge on any atom is -0.473 e. The minimum absolute atomic E-state index is 0.100. The van der Waals surface area contributed by atoms with Crippen LogP contribution in [-0.4, -0.2) is 65.7 Å². The molecule has 1 amide bonds. The molecule has 28 heavy (non-hydrogen) atoms. The predicted molar refractivity (Wildman–Crippen MR) is 107 cm³/mol. The number of hydrogen-bond donors (Lipinski definition) is 3. The molecule has 0 aliphatic carbocycles. The largest absolute Gasteiger partial charge is 0.473 e. The van der Waals surface area contributed by atoms with E-state index >= 15 is 0 Å². The molecule has 3 N–H and O–H groups in total. The monoisotopic (exact) mass is 391 g/mol. The summed E-state index contributed by atoms with van der Waals surface area (Å²) < 4.78 is 0. The van der Waals surface area contributed by atoms with Gasteiger partial charge in [0.2, 0.25) is 5.91 Å². The molecule has 0 saturated carbocycles. The number of piperidine rings is 1. The fourth-order valence-corrected chi connectivity index (χ4v) is 3.35. The number of likely N-dealkylation sites (tertiary alicyclic amines) is 1. The van der Waals surface area contributed by atoms with Crippen molar-refractivity contribution in [1.82, 2.24) is 4.90 Å². The number of carboxylic acids is 2. The van der Waals surface area contributed by atoms with E-state index in [2.05, 4.69) is 34.2 Å². The Balaban J connectivity index is 0.000000409. The Morgan fingerprint density at radius 3 is 2.00 bits per heavy atom. The van der Waals surface area contributed by atoms with Gasteiger partial charge < -0.3 is 20.4 Å². The topological polar surface area (TPSA) is 110 Å². The van der Waals surface area contributed by atoms with Gasteiger partial charge in [-0.25, -0.2) is 9.59 Å². The lowest BCUT2D eigenvalue weighted by molar-refractivity contribution is -0.159. The summed E-state index contributed by atoms with van der Waals surface area (Å²) in [5, 5.41) is 17.8. The number of anilines is 2. The van der Waals surface area contributed by atoms with Gasteiger partial charge in [0.1, 0.15) is 0 Å². The molecule has 1 aromatic carbocycles. The fourth-order valence-electron chi connectivity index (χ4n) is 3.35. The number of benzene rings is 1. The molecule has 0 spiro atoms. The molecular formula is C20H29N3O5. The SMILES string of the molecule is CC1CCN(CC(=O)Nc2ccc(N3CCCC3)cc2)CC1.O=C(O)C(=O)O. The molecule has 2 heterocycles. The number of carbonyl (C=O) groups excluding carboxylic acids is 1. The zero-order valence-electron chi connectivity index (χ0n) is 16.3. The molecule has 0 aromatic heterocycles. The summed E-state index contributed by atoms with van der Waals surface area (Å²) in [7, 11) is 0. The summed E-state index contributed by atoms with van der Waals surface area (Å²) in [5.74, 6) is -2.74. The van der Waals surface area contributed by atoms with Gasteiger partial charge in [0, 0.05) is 24.5 Å². The van der Waals surface area contributed by atoms with Crippen LogP contribution >= 0.6 is 0 Å². The van der Waals surface area contributed by atoms with Crippen molar-refractivity contribution in [3.8, 4) is 0 Å². The molecule has 0 unspecified atom stereocenters. The van der Waals surface area contributed by atoms with Crippen molar-refractivity contribution in [2.45, 2.75) is 32.6 Å². The first-order chi connectivity index (χ1) is 13.3. The van der Waals surface area contributed by atoms with Gasteiger partial charge in [-0.1, -0.05) is 6.92 Å². The highest BCUT2D eigenvalue weighted by molar-refractivity contribution is 6.27. The maximum atomic E-state index is 12.1. The van der Waals surface area contributed by atoms with Gasteiger partial charge in [0.15, 0.2) is 0 Å². The lowest BCUT2D eigenvalue weighted by Crippen LogP contribution is -2.38. The molecule has 2 aliphatic rings. The summed E-state index contributed by atoms with van der Waals surface area (Å²) in [6.07, 6.45) is 4.98. The summed E-state index contributed by atoms with van der Waals surface area (Å²) in [5.41, 5.74) is 2.17. The fraction of sp³-hybridized carbons (Fsp3) is 0.550. The Hall–Kier alpha value is -2.61. The molecule has 154 valence electrons. The van der Waals surface area contributed by atoms with Crippen molar-refractivity contribution in [3.05, 3.63) is 24.3 Å². The van der Waals surface area contributed by atoms with Gasteiger partial charge in [-0.15, -0.1) is 0 Å². The molecule has 8 heteroatoms. The van der Waals surface area contributed by atoms with Crippen LogP contribution in [0, 0.1) is 5.92 Å². The van der Waals surface area contributed by atoms with E-state index in [4.69, 9.17) is 19.8 Å². The van der Waals surface area contributed by atoms with E-state index in [0.717, 1.165) is 37.8 Å². The van der Waals surface area contributed by atoms with Crippen LogP contribution in [0.4, 0.5) is 11.4 Å². The maximum Gasteiger partial charge on any atom is 0.414 e. The lowest BCUT2D eigenvalue weighted by Gasteiger charge is -2.29. The van der Waals surface area contributed by atoms with E-state index in [9.17, 15) is 4.79 Å². The first kappa shape index (κ1) is 21.7. The highest BCUT2D eigenvalue weighted by Gasteiger charge is 2.18. The molecule has 2 aliphatic heterocycles. The van der Waals surface area contributed by atoms with Gasteiger partial charge >= 0.3 is 11.9 Å². The maximum absolute atomic E-state index is 12.1. The molecule has 2 fully saturated rings. The first-order valence-electron chi connectivity index (χ1n) is 9.68. The Kier molecular flexibility index (Phi) is 8.25. The molecule has 0 atom stereocenters. The molecule has 0 radical (unpaired) electrons. The van der Waals surface area contributed by atoms with Gasteiger partial charge in [-0.05, 0) is 69.0 Å². The van der Waals surface area contributed by atoms with E-state index in [1.165, 1.54) is 31.4 Å². The van der Waals surface area contributed by atoms with Crippen LogP contribution in [0.5, 0.6) is 0 Å². The molecule has 8 nitrogen and oxygen atoms in total. The van der Waals surface area contributed by atoms with E-state index in [-0.39, 0.29) is 5.91 Å². The van der Waals surface area contributed by atoms with Gasteiger partial charge in [0.05, 0.1) is 6.54 Å². The molecular weight excluding hydrogens is 362 g/mol. The van der Waals surface area contributed by atoms with E-state index < -0.39 is 11.9 Å². The highest BCUT2D eigenvalue weighted by atomic mass is 16.4. The Bertz CT molecular complexity index is 651. The highest BCUT2D eigenvalue weighted by Crippen LogP contribution is 2.22. The van der Waals surface area contributed by atoms with Gasteiger partial charge in [-0.3, -0.25) is 9.69 Å². The average molecular weight is 391 g/mol. The van der Waals surface area contributed by atoms with E-state index in [1.54, 1.807) is 0 Å². The Labute approximate surface area is 165 Å². The van der Waals surface area contributed by atoms with Crippen molar-refractivity contribution in [3.63, 3.8) is 0 Å². The molecule has 3 rings (SSSR count). The quantitative estimate of drug-likeness (QED) is 0.674. The second kappa shape index (κ2) is 10.7. The number of aliphatic carboxylic acids is 2. The third-order valence-electron chi connectivity index (χ3n) is 5.05. The molecule has 2 saturated heterocycles. The molecule has 1 aromatic rings. The van der Waals surface area contributed by atoms with Crippen molar-refractivity contribution in [2.24, 2.45) is 5.92 Å². The standard InChI is InChI=1S/C18H27N3O.C2H2O4/c1-15-8-12-20(13-9-15)14-18(22)19-16-4-6-17(7-5-16)21-10-2-3-11-21;3-1(4)2(5)6/h4-7,15H,2-3,8-14H2,1H3,(H,19,22);(H,3,4)(H,5,6). The number of nitrogens with one attached hydrogen (secondary N) is 1. The van der Waals surface area contributed by atoms with Crippen molar-refractivity contribution in [2.75, 3.05) is 42.9 Å². The number of carbonyl (C=O) groups is 3. The number of nitrogens with zero attached hydrogens (tertiary/aromatic N) is 2. The Morgan fingerprint density at radius 2 is 1.50 bits per heavy atom. The van der Waals surface area contributed by atoms with E-state index in [1.807, 2.05) is 12.1 Å². The van der Waals surface area contributed by atoms with Crippen molar-refractivity contribution in [1.29, 1.82) is 0 Å². The minimum atomic E-state index is -1.82. The van der Waals surface area contributed by atoms with Gasteiger partial charge in [0.25, 0.3) is 0 Å². The van der Waals surface area contributed by atoms with Crippen LogP contribution in [0.25, 0.3) is 0 Å². The predicted octanol–water partition coefficient (Wildman–Crippen LogP) is 2.11. The van der Waals surface area contributed by atoms with Crippen LogP contribution in [0.15, 0.2) is 24.3 Å². The van der Waals surface area contributed by atoms with Crippen LogP contribution < -0.4 is 10.2 Å².